The summed E-state index contributed by atoms with van der Waals surface area (Å²) in [7, 11) is 6.30. The second-order valence-electron chi connectivity index (χ2n) is 8.13. The predicted molar refractivity (Wildman–Crippen MR) is 148 cm³/mol. The molecule has 3 aromatic carbocycles. The van der Waals surface area contributed by atoms with E-state index in [4.69, 9.17) is 28.4 Å². The number of ether oxygens (including phenoxy) is 6. The van der Waals surface area contributed by atoms with Gasteiger partial charge in [0.15, 0.2) is 23.0 Å². The summed E-state index contributed by atoms with van der Waals surface area (Å²) in [5.74, 6) is 2.34. The van der Waals surface area contributed by atoms with Gasteiger partial charge >= 0.3 is 5.97 Å². The summed E-state index contributed by atoms with van der Waals surface area (Å²) in [5.41, 5.74) is 3.51. The van der Waals surface area contributed by atoms with Gasteiger partial charge in [0, 0.05) is 10.4 Å². The van der Waals surface area contributed by atoms with Gasteiger partial charge in [-0.3, -0.25) is 0 Å². The van der Waals surface area contributed by atoms with Crippen LogP contribution in [0.1, 0.15) is 22.2 Å². The van der Waals surface area contributed by atoms with Crippen LogP contribution in [0.5, 0.6) is 28.7 Å². The molecule has 198 valence electrons. The molecule has 0 atom stereocenters. The van der Waals surface area contributed by atoms with Gasteiger partial charge < -0.3 is 28.4 Å². The maximum atomic E-state index is 12.7. The Kier molecular flexibility index (Phi) is 8.76. The number of carbonyl (C=O) groups excluding carboxylic acids is 1. The van der Waals surface area contributed by atoms with Crippen molar-refractivity contribution in [2.45, 2.75) is 13.5 Å². The molecule has 4 rings (SSSR count). The van der Waals surface area contributed by atoms with Crippen LogP contribution >= 0.6 is 11.3 Å². The van der Waals surface area contributed by atoms with Crippen LogP contribution in [0.25, 0.3) is 21.6 Å². The predicted octanol–water partition coefficient (Wildman–Crippen LogP) is 6.87. The molecule has 0 spiro atoms. The van der Waals surface area contributed by atoms with Crippen molar-refractivity contribution >= 4 is 17.3 Å². The Morgan fingerprint density at radius 1 is 0.737 bits per heavy atom. The van der Waals surface area contributed by atoms with Crippen LogP contribution < -0.4 is 23.7 Å². The van der Waals surface area contributed by atoms with Crippen molar-refractivity contribution in [1.29, 1.82) is 0 Å². The lowest BCUT2D eigenvalue weighted by Crippen LogP contribution is -2.01. The molecule has 4 aromatic rings. The number of carbonyl (C=O) groups is 1. The molecule has 0 aliphatic heterocycles. The SMILES string of the molecule is CCOC(=O)c1cc(-c2cc(OC)c(OC)c(OC)c2)c(-c2ccc(OC)c(OCc3ccccc3)c2)s1. The zero-order valence-electron chi connectivity index (χ0n) is 22.0. The third-order valence-corrected chi connectivity index (χ3v) is 7.01. The second-order valence-corrected chi connectivity index (χ2v) is 9.18. The Hall–Kier alpha value is -4.17. The fraction of sp³-hybridized carbons (Fsp3) is 0.233. The molecule has 0 saturated heterocycles. The molecule has 1 aromatic heterocycles. The highest BCUT2D eigenvalue weighted by molar-refractivity contribution is 7.18. The number of methoxy groups -OCH3 is 4. The highest BCUT2D eigenvalue weighted by Gasteiger charge is 2.22. The molecular weight excluding hydrogens is 504 g/mol. The van der Waals surface area contributed by atoms with Gasteiger partial charge in [-0.25, -0.2) is 4.79 Å². The maximum Gasteiger partial charge on any atom is 0.348 e. The van der Waals surface area contributed by atoms with Crippen molar-refractivity contribution in [2.24, 2.45) is 0 Å². The van der Waals surface area contributed by atoms with Crippen molar-refractivity contribution in [3.05, 3.63) is 77.2 Å². The summed E-state index contributed by atoms with van der Waals surface area (Å²) in [6, 6.07) is 21.2. The molecule has 7 nitrogen and oxygen atoms in total. The van der Waals surface area contributed by atoms with E-state index in [-0.39, 0.29) is 12.6 Å². The first-order valence-electron chi connectivity index (χ1n) is 12.0. The minimum Gasteiger partial charge on any atom is -0.493 e. The number of esters is 1. The summed E-state index contributed by atoms with van der Waals surface area (Å²) < 4.78 is 33.6. The van der Waals surface area contributed by atoms with Gasteiger partial charge in [-0.05, 0) is 60.0 Å². The fourth-order valence-corrected chi connectivity index (χ4v) is 5.10. The minimum atomic E-state index is -0.383. The molecule has 0 N–H and O–H groups in total. The van der Waals surface area contributed by atoms with E-state index in [0.29, 0.717) is 40.2 Å². The lowest BCUT2D eigenvalue weighted by Gasteiger charge is -2.15. The number of rotatable bonds is 11. The quantitative estimate of drug-likeness (QED) is 0.194. The monoisotopic (exact) mass is 534 g/mol. The molecule has 1 heterocycles. The number of benzene rings is 3. The van der Waals surface area contributed by atoms with Crippen molar-refractivity contribution in [3.8, 4) is 50.3 Å². The molecule has 0 radical (unpaired) electrons. The Labute approximate surface area is 226 Å². The molecule has 0 unspecified atom stereocenters. The third-order valence-electron chi connectivity index (χ3n) is 5.85. The van der Waals surface area contributed by atoms with E-state index in [2.05, 4.69) is 0 Å². The molecule has 0 aliphatic rings. The normalized spacial score (nSPS) is 10.6. The lowest BCUT2D eigenvalue weighted by molar-refractivity contribution is 0.0532. The number of hydrogen-bond donors (Lipinski definition) is 0. The largest absolute Gasteiger partial charge is 0.493 e. The zero-order valence-corrected chi connectivity index (χ0v) is 22.8. The first-order chi connectivity index (χ1) is 18.5. The van der Waals surface area contributed by atoms with Crippen LogP contribution in [0.4, 0.5) is 0 Å². The topological polar surface area (TPSA) is 72.5 Å². The van der Waals surface area contributed by atoms with E-state index in [1.54, 1.807) is 35.4 Å². The molecule has 0 saturated carbocycles. The Balaban J connectivity index is 1.83. The van der Waals surface area contributed by atoms with Gasteiger partial charge in [0.2, 0.25) is 5.75 Å². The molecular formula is C30H30O7S. The van der Waals surface area contributed by atoms with Gasteiger partial charge in [0.05, 0.1) is 35.0 Å². The summed E-state index contributed by atoms with van der Waals surface area (Å²) in [6.45, 7) is 2.46. The van der Waals surface area contributed by atoms with Gasteiger partial charge in [0.1, 0.15) is 11.5 Å². The van der Waals surface area contributed by atoms with Crippen LogP contribution in [0.2, 0.25) is 0 Å². The van der Waals surface area contributed by atoms with Crippen molar-refractivity contribution in [3.63, 3.8) is 0 Å². The van der Waals surface area contributed by atoms with E-state index in [1.165, 1.54) is 11.3 Å². The third kappa shape index (κ3) is 5.70. The first kappa shape index (κ1) is 26.9. The van der Waals surface area contributed by atoms with E-state index in [1.807, 2.05) is 66.7 Å². The van der Waals surface area contributed by atoms with Crippen LogP contribution in [0.15, 0.2) is 66.7 Å². The van der Waals surface area contributed by atoms with E-state index in [9.17, 15) is 4.79 Å². The fourth-order valence-electron chi connectivity index (χ4n) is 4.03. The average Bonchev–Trinajstić information content (AvgIpc) is 3.41. The maximum absolute atomic E-state index is 12.7. The smallest absolute Gasteiger partial charge is 0.348 e. The van der Waals surface area contributed by atoms with Gasteiger partial charge in [-0.1, -0.05) is 30.3 Å². The Morgan fingerprint density at radius 2 is 1.39 bits per heavy atom. The highest BCUT2D eigenvalue weighted by atomic mass is 32.1. The summed E-state index contributed by atoms with van der Waals surface area (Å²) in [4.78, 5) is 14.1. The lowest BCUT2D eigenvalue weighted by atomic mass is 10.0. The minimum absolute atomic E-state index is 0.283. The van der Waals surface area contributed by atoms with Crippen LogP contribution in [-0.2, 0) is 11.3 Å². The van der Waals surface area contributed by atoms with Gasteiger partial charge in [-0.15, -0.1) is 11.3 Å². The molecule has 0 fully saturated rings. The Morgan fingerprint density at radius 3 is 2.00 bits per heavy atom. The average molecular weight is 535 g/mol. The van der Waals surface area contributed by atoms with Crippen molar-refractivity contribution in [2.75, 3.05) is 35.0 Å². The molecule has 0 bridgehead atoms. The van der Waals surface area contributed by atoms with Gasteiger partial charge in [-0.2, -0.15) is 0 Å². The molecule has 0 amide bonds. The van der Waals surface area contributed by atoms with Crippen LogP contribution in [0.3, 0.4) is 0 Å². The molecule has 8 heteroatoms. The second kappa shape index (κ2) is 12.4. The first-order valence-corrected chi connectivity index (χ1v) is 12.8. The van der Waals surface area contributed by atoms with Crippen LogP contribution in [0, 0.1) is 0 Å². The summed E-state index contributed by atoms with van der Waals surface area (Å²) >= 11 is 1.35. The van der Waals surface area contributed by atoms with Crippen molar-refractivity contribution < 1.29 is 33.2 Å². The molecule has 0 aliphatic carbocycles. The standard InChI is InChI=1S/C30H30O7S/c1-6-36-30(31)27-17-22(21-15-25(33-3)28(35-5)26(16-21)34-4)29(38-27)20-12-13-23(32-2)24(14-20)37-18-19-10-8-7-9-11-19/h7-17H,6,18H2,1-5H3. The van der Waals surface area contributed by atoms with Crippen molar-refractivity contribution in [1.82, 2.24) is 0 Å². The highest BCUT2D eigenvalue weighted by Crippen LogP contribution is 2.47. The van der Waals surface area contributed by atoms with Crippen LogP contribution in [-0.4, -0.2) is 41.0 Å². The zero-order chi connectivity index (χ0) is 27.1. The van der Waals surface area contributed by atoms with Gasteiger partial charge in [0.25, 0.3) is 0 Å². The number of thiophene rings is 1. The van der Waals surface area contributed by atoms with E-state index >= 15 is 0 Å². The Bertz CT molecular complexity index is 1370. The summed E-state index contributed by atoms with van der Waals surface area (Å²) in [6.07, 6.45) is 0. The molecule has 38 heavy (non-hydrogen) atoms. The van der Waals surface area contributed by atoms with E-state index < -0.39 is 0 Å². The summed E-state index contributed by atoms with van der Waals surface area (Å²) in [5, 5.41) is 0. The number of hydrogen-bond acceptors (Lipinski definition) is 8. The van der Waals surface area contributed by atoms with E-state index in [0.717, 1.165) is 27.1 Å².